The van der Waals surface area contributed by atoms with Crippen molar-refractivity contribution in [2.45, 2.75) is 6.54 Å². The van der Waals surface area contributed by atoms with Crippen LogP contribution in [0.1, 0.15) is 11.1 Å². The van der Waals surface area contributed by atoms with E-state index in [1.54, 1.807) is 24.3 Å². The smallest absolute Gasteiger partial charge is 0.329 e. The van der Waals surface area contributed by atoms with Gasteiger partial charge in [0.15, 0.2) is 0 Å². The Morgan fingerprint density at radius 2 is 1.80 bits per heavy atom. The Morgan fingerprint density at radius 3 is 2.44 bits per heavy atom. The van der Waals surface area contributed by atoms with Crippen LogP contribution in [0.2, 0.25) is 0 Å². The fourth-order valence-corrected chi connectivity index (χ4v) is 4.16. The van der Waals surface area contributed by atoms with Gasteiger partial charge in [-0.2, -0.15) is 0 Å². The molecule has 2 N–H and O–H groups in total. The maximum atomic E-state index is 13.8. The Labute approximate surface area is 170 Å². The van der Waals surface area contributed by atoms with Gasteiger partial charge in [0.05, 0.1) is 13.7 Å². The van der Waals surface area contributed by atoms with Crippen LogP contribution in [0.5, 0.6) is 5.75 Å². The average molecular weight is 564 g/mol. The molecule has 1 heterocycles. The minimum atomic E-state index is -0.595. The van der Waals surface area contributed by atoms with Gasteiger partial charge in [-0.15, -0.1) is 0 Å². The molecular formula is C17H11FI2N2O3. The number of benzene rings is 2. The quantitative estimate of drug-likeness (QED) is 0.339. The lowest BCUT2D eigenvalue weighted by molar-refractivity contribution is -0.123. The molecule has 0 radical (unpaired) electrons. The highest BCUT2D eigenvalue weighted by Gasteiger charge is 2.34. The number of rotatable bonds is 3. The fourth-order valence-electron chi connectivity index (χ4n) is 2.35. The molecule has 0 bridgehead atoms. The maximum absolute atomic E-state index is 13.8. The molecule has 1 aliphatic rings. The maximum Gasteiger partial charge on any atom is 0.329 e. The molecule has 128 valence electrons. The summed E-state index contributed by atoms with van der Waals surface area (Å²) in [6, 6.07) is 8.81. The van der Waals surface area contributed by atoms with Crippen molar-refractivity contribution in [3.05, 3.63) is 66.2 Å². The van der Waals surface area contributed by atoms with Crippen molar-refractivity contribution >= 4 is 63.2 Å². The predicted octanol–water partition coefficient (Wildman–Crippen LogP) is 3.83. The van der Waals surface area contributed by atoms with E-state index in [2.05, 4.69) is 5.32 Å². The molecule has 5 nitrogen and oxygen atoms in total. The third-order valence-electron chi connectivity index (χ3n) is 3.60. The van der Waals surface area contributed by atoms with Crippen LogP contribution < -0.4 is 5.32 Å². The Bertz CT molecular complexity index is 892. The SMILES string of the molecule is O=C1N/C(=C/c2cc(I)c(O)c(I)c2)C(=O)N1Cc1ccccc1F. The molecule has 3 amide bonds. The Morgan fingerprint density at radius 1 is 1.16 bits per heavy atom. The number of carbonyl (C=O) groups excluding carboxylic acids is 2. The molecular weight excluding hydrogens is 553 g/mol. The summed E-state index contributed by atoms with van der Waals surface area (Å²) in [4.78, 5) is 25.5. The van der Waals surface area contributed by atoms with Crippen molar-refractivity contribution < 1.29 is 19.1 Å². The lowest BCUT2D eigenvalue weighted by Crippen LogP contribution is -2.30. The standard InChI is InChI=1S/C17H11FI2N2O3/c18-11-4-2-1-3-10(11)8-22-16(24)14(21-17(22)25)7-9-5-12(19)15(23)13(20)6-9/h1-7,23H,8H2,(H,21,25)/b14-7+. The first-order valence-corrected chi connectivity index (χ1v) is 9.28. The van der Waals surface area contributed by atoms with Crippen LogP contribution in [-0.4, -0.2) is 21.9 Å². The van der Waals surface area contributed by atoms with E-state index < -0.39 is 17.8 Å². The number of halogens is 3. The summed E-state index contributed by atoms with van der Waals surface area (Å²) in [6.45, 7) is -0.140. The van der Waals surface area contributed by atoms with Crippen molar-refractivity contribution in [1.82, 2.24) is 10.2 Å². The Balaban J connectivity index is 1.87. The first-order chi connectivity index (χ1) is 11.9. The van der Waals surface area contributed by atoms with E-state index in [0.29, 0.717) is 12.7 Å². The second-order valence-electron chi connectivity index (χ2n) is 5.30. The summed E-state index contributed by atoms with van der Waals surface area (Å²) in [5.41, 5.74) is 1.04. The van der Waals surface area contributed by atoms with Crippen molar-refractivity contribution in [1.29, 1.82) is 0 Å². The zero-order valence-electron chi connectivity index (χ0n) is 12.6. The van der Waals surface area contributed by atoms with Crippen LogP contribution in [0.25, 0.3) is 6.08 Å². The van der Waals surface area contributed by atoms with E-state index >= 15 is 0 Å². The van der Waals surface area contributed by atoms with Gasteiger partial charge in [-0.3, -0.25) is 9.69 Å². The number of hydrogen-bond acceptors (Lipinski definition) is 3. The van der Waals surface area contributed by atoms with Crippen LogP contribution in [0.15, 0.2) is 42.1 Å². The van der Waals surface area contributed by atoms with Crippen molar-refractivity contribution in [2.75, 3.05) is 0 Å². The summed E-state index contributed by atoms with van der Waals surface area (Å²) in [5.74, 6) is -0.819. The third-order valence-corrected chi connectivity index (χ3v) is 5.24. The molecule has 0 saturated carbocycles. The van der Waals surface area contributed by atoms with Crippen molar-refractivity contribution in [3.63, 3.8) is 0 Å². The molecule has 2 aromatic carbocycles. The van der Waals surface area contributed by atoms with E-state index in [1.807, 2.05) is 45.2 Å². The van der Waals surface area contributed by atoms with E-state index in [-0.39, 0.29) is 23.6 Å². The van der Waals surface area contributed by atoms with Gasteiger partial charge in [-0.05, 0) is 75.0 Å². The number of nitrogens with zero attached hydrogens (tertiary/aromatic N) is 1. The van der Waals surface area contributed by atoms with E-state index in [0.717, 1.165) is 4.90 Å². The lowest BCUT2D eigenvalue weighted by Gasteiger charge is -2.12. The van der Waals surface area contributed by atoms with Crippen LogP contribution in [0.4, 0.5) is 9.18 Å². The topological polar surface area (TPSA) is 69.6 Å². The summed E-state index contributed by atoms with van der Waals surface area (Å²) >= 11 is 3.97. The number of aromatic hydroxyl groups is 1. The molecule has 25 heavy (non-hydrogen) atoms. The van der Waals surface area contributed by atoms with Crippen molar-refractivity contribution in [3.8, 4) is 5.75 Å². The van der Waals surface area contributed by atoms with E-state index in [4.69, 9.17) is 0 Å². The van der Waals surface area contributed by atoms with Gasteiger partial charge in [0.25, 0.3) is 5.91 Å². The third kappa shape index (κ3) is 3.78. The predicted molar refractivity (Wildman–Crippen MR) is 107 cm³/mol. The van der Waals surface area contributed by atoms with Gasteiger partial charge >= 0.3 is 6.03 Å². The van der Waals surface area contributed by atoms with Crippen molar-refractivity contribution in [2.24, 2.45) is 0 Å². The molecule has 0 aliphatic carbocycles. The zero-order chi connectivity index (χ0) is 18.1. The fraction of sp³-hybridized carbons (Fsp3) is 0.0588. The van der Waals surface area contributed by atoms with Gasteiger partial charge in [0.1, 0.15) is 17.3 Å². The zero-order valence-corrected chi connectivity index (χ0v) is 16.9. The Hall–Kier alpha value is -1.69. The Kier molecular flexibility index (Phi) is 5.27. The van der Waals surface area contributed by atoms with Crippen LogP contribution >= 0.6 is 45.2 Å². The molecule has 2 aromatic rings. The lowest BCUT2D eigenvalue weighted by atomic mass is 10.1. The second-order valence-corrected chi connectivity index (χ2v) is 7.63. The number of phenols is 1. The molecule has 1 saturated heterocycles. The molecule has 0 aromatic heterocycles. The highest BCUT2D eigenvalue weighted by Crippen LogP contribution is 2.28. The summed E-state index contributed by atoms with van der Waals surface area (Å²) in [5, 5.41) is 12.3. The average Bonchev–Trinajstić information content (AvgIpc) is 2.82. The number of phenolic OH excluding ortho intramolecular Hbond substituents is 1. The number of urea groups is 1. The highest BCUT2D eigenvalue weighted by atomic mass is 127. The monoisotopic (exact) mass is 564 g/mol. The van der Waals surface area contributed by atoms with E-state index in [1.165, 1.54) is 18.2 Å². The second kappa shape index (κ2) is 7.28. The number of imide groups is 1. The number of carbonyl (C=O) groups is 2. The summed E-state index contributed by atoms with van der Waals surface area (Å²) in [7, 11) is 0. The minimum Gasteiger partial charge on any atom is -0.506 e. The first-order valence-electron chi connectivity index (χ1n) is 7.13. The van der Waals surface area contributed by atoms with E-state index in [9.17, 15) is 19.1 Å². The largest absolute Gasteiger partial charge is 0.506 e. The van der Waals surface area contributed by atoms with Gasteiger partial charge in [0, 0.05) is 5.56 Å². The van der Waals surface area contributed by atoms with Crippen LogP contribution in [-0.2, 0) is 11.3 Å². The molecule has 0 atom stereocenters. The summed E-state index contributed by atoms with van der Waals surface area (Å²) < 4.78 is 15.0. The molecule has 0 spiro atoms. The van der Waals surface area contributed by atoms with Gasteiger partial charge < -0.3 is 10.4 Å². The van der Waals surface area contributed by atoms with Gasteiger partial charge in [-0.1, -0.05) is 18.2 Å². The van der Waals surface area contributed by atoms with Gasteiger partial charge in [-0.25, -0.2) is 9.18 Å². The molecule has 1 aliphatic heterocycles. The molecule has 1 fully saturated rings. The highest BCUT2D eigenvalue weighted by molar-refractivity contribution is 14.1. The number of nitrogens with one attached hydrogen (secondary N) is 1. The minimum absolute atomic E-state index is 0.110. The summed E-state index contributed by atoms with van der Waals surface area (Å²) in [6.07, 6.45) is 1.53. The molecule has 8 heteroatoms. The first kappa shape index (κ1) is 18.1. The van der Waals surface area contributed by atoms with Crippen LogP contribution in [0, 0.1) is 13.0 Å². The molecule has 0 unspecified atom stereocenters. The van der Waals surface area contributed by atoms with Crippen LogP contribution in [0.3, 0.4) is 0 Å². The number of amides is 3. The number of hydrogen-bond donors (Lipinski definition) is 2. The normalized spacial score (nSPS) is 15.8. The van der Waals surface area contributed by atoms with Gasteiger partial charge in [0.2, 0.25) is 0 Å². The molecule has 3 rings (SSSR count).